The number of aliphatic hydroxyl groups is 1. The van der Waals surface area contributed by atoms with E-state index in [-0.39, 0.29) is 11.0 Å². The van der Waals surface area contributed by atoms with E-state index in [0.717, 1.165) is 37.8 Å². The molecule has 0 aromatic heterocycles. The second-order valence-corrected chi connectivity index (χ2v) is 6.11. The molecule has 3 N–H and O–H groups in total. The number of carbonyl (C=O) groups is 1. The molecule has 128 valence electrons. The van der Waals surface area contributed by atoms with E-state index in [0.29, 0.717) is 6.54 Å². The maximum atomic E-state index is 13.2. The third-order valence-corrected chi connectivity index (χ3v) is 4.26. The van der Waals surface area contributed by atoms with Crippen LogP contribution in [-0.4, -0.2) is 24.3 Å². The largest absolute Gasteiger partial charge is 0.394 e. The molecule has 0 aliphatic heterocycles. The zero-order chi connectivity index (χ0) is 17.0. The molecule has 1 aromatic carbocycles. The third-order valence-electron chi connectivity index (χ3n) is 4.26. The number of amides is 2. The van der Waals surface area contributed by atoms with E-state index in [9.17, 15) is 23.1 Å². The normalized spacial score (nSPS) is 16.7. The van der Waals surface area contributed by atoms with Crippen LogP contribution in [0.2, 0.25) is 0 Å². The van der Waals surface area contributed by atoms with Gasteiger partial charge in [-0.05, 0) is 42.4 Å². The summed E-state index contributed by atoms with van der Waals surface area (Å²) in [7, 11) is 0. The van der Waals surface area contributed by atoms with Crippen molar-refractivity contribution in [3.63, 3.8) is 0 Å². The summed E-state index contributed by atoms with van der Waals surface area (Å²) in [4.78, 5) is 11.9. The van der Waals surface area contributed by atoms with Gasteiger partial charge in [0.05, 0.1) is 12.6 Å². The standard InChI is InChI=1S/C16H21F3N2O2/c1-2-3-16(4-5-16)9-20-15(23)21-13(8-22)10-6-11(17)14(19)12(18)7-10/h6-7,13,22H,2-5,8-9H2,1H3,(H2,20,21,23). The van der Waals surface area contributed by atoms with E-state index in [1.54, 1.807) is 0 Å². The molecule has 23 heavy (non-hydrogen) atoms. The Hall–Kier alpha value is -1.76. The number of rotatable bonds is 7. The summed E-state index contributed by atoms with van der Waals surface area (Å²) < 4.78 is 39.5. The zero-order valence-corrected chi connectivity index (χ0v) is 13.0. The molecule has 0 spiro atoms. The lowest BCUT2D eigenvalue weighted by molar-refractivity contribution is 0.214. The summed E-state index contributed by atoms with van der Waals surface area (Å²) in [5.41, 5.74) is 0.128. The van der Waals surface area contributed by atoms with Crippen molar-refractivity contribution < 1.29 is 23.1 Å². The van der Waals surface area contributed by atoms with Gasteiger partial charge in [0.1, 0.15) is 0 Å². The molecule has 4 nitrogen and oxygen atoms in total. The summed E-state index contributed by atoms with van der Waals surface area (Å²) >= 11 is 0. The number of hydrogen-bond donors (Lipinski definition) is 3. The first-order valence-corrected chi connectivity index (χ1v) is 7.70. The highest BCUT2D eigenvalue weighted by atomic mass is 19.2. The molecule has 0 radical (unpaired) electrons. The summed E-state index contributed by atoms with van der Waals surface area (Å²) in [5.74, 6) is -4.30. The molecule has 2 rings (SSSR count). The Morgan fingerprint density at radius 1 is 1.30 bits per heavy atom. The Balaban J connectivity index is 1.95. The van der Waals surface area contributed by atoms with Crippen LogP contribution in [0.15, 0.2) is 12.1 Å². The summed E-state index contributed by atoms with van der Waals surface area (Å²) in [5, 5.41) is 14.5. The third kappa shape index (κ3) is 4.37. The van der Waals surface area contributed by atoms with E-state index < -0.39 is 36.1 Å². The molecule has 0 saturated heterocycles. The molecular weight excluding hydrogens is 309 g/mol. The van der Waals surface area contributed by atoms with E-state index >= 15 is 0 Å². The quantitative estimate of drug-likeness (QED) is 0.673. The van der Waals surface area contributed by atoms with E-state index in [1.807, 2.05) is 0 Å². The molecule has 1 unspecified atom stereocenters. The number of aliphatic hydroxyl groups excluding tert-OH is 1. The lowest BCUT2D eigenvalue weighted by Crippen LogP contribution is -2.41. The molecule has 7 heteroatoms. The van der Waals surface area contributed by atoms with Gasteiger partial charge in [0.15, 0.2) is 17.5 Å². The number of carbonyl (C=O) groups excluding carboxylic acids is 1. The zero-order valence-electron chi connectivity index (χ0n) is 13.0. The number of nitrogens with one attached hydrogen (secondary N) is 2. The van der Waals surface area contributed by atoms with Crippen LogP contribution in [0.1, 0.15) is 44.2 Å². The predicted molar refractivity (Wildman–Crippen MR) is 79.3 cm³/mol. The van der Waals surface area contributed by atoms with Gasteiger partial charge in [-0.2, -0.15) is 0 Å². The van der Waals surface area contributed by atoms with Gasteiger partial charge in [-0.3, -0.25) is 0 Å². The Morgan fingerprint density at radius 2 is 1.91 bits per heavy atom. The lowest BCUT2D eigenvalue weighted by Gasteiger charge is -2.20. The smallest absolute Gasteiger partial charge is 0.315 e. The molecule has 0 heterocycles. The van der Waals surface area contributed by atoms with Crippen molar-refractivity contribution in [2.75, 3.05) is 13.2 Å². The van der Waals surface area contributed by atoms with E-state index in [4.69, 9.17) is 0 Å². The van der Waals surface area contributed by atoms with Crippen molar-refractivity contribution in [2.45, 2.75) is 38.6 Å². The van der Waals surface area contributed by atoms with Crippen LogP contribution in [0, 0.1) is 22.9 Å². The van der Waals surface area contributed by atoms with E-state index in [1.165, 1.54) is 0 Å². The number of halogens is 3. The minimum absolute atomic E-state index is 0.0336. The minimum atomic E-state index is -1.58. The highest BCUT2D eigenvalue weighted by molar-refractivity contribution is 5.74. The number of hydrogen-bond acceptors (Lipinski definition) is 2. The summed E-state index contributed by atoms with van der Waals surface area (Å²) in [6, 6.07) is -0.0181. The van der Waals surface area contributed by atoms with Gasteiger partial charge in [-0.1, -0.05) is 13.3 Å². The van der Waals surface area contributed by atoms with Crippen molar-refractivity contribution in [1.82, 2.24) is 10.6 Å². The number of benzene rings is 1. The van der Waals surface area contributed by atoms with Gasteiger partial charge in [-0.25, -0.2) is 18.0 Å². The van der Waals surface area contributed by atoms with Gasteiger partial charge < -0.3 is 15.7 Å². The topological polar surface area (TPSA) is 61.4 Å². The highest BCUT2D eigenvalue weighted by Gasteiger charge is 2.41. The second kappa shape index (κ2) is 7.21. The Morgan fingerprint density at radius 3 is 2.39 bits per heavy atom. The van der Waals surface area contributed by atoms with Crippen LogP contribution in [0.4, 0.5) is 18.0 Å². The molecule has 0 bridgehead atoms. The Labute approximate surface area is 133 Å². The molecule has 2 amide bonds. The molecule has 1 aliphatic carbocycles. The SMILES string of the molecule is CCCC1(CNC(=O)NC(CO)c2cc(F)c(F)c(F)c2)CC1. The first kappa shape index (κ1) is 17.6. The van der Waals surface area contributed by atoms with Crippen molar-refractivity contribution in [1.29, 1.82) is 0 Å². The van der Waals surface area contributed by atoms with Crippen LogP contribution >= 0.6 is 0 Å². The number of urea groups is 1. The van der Waals surface area contributed by atoms with Gasteiger partial charge in [-0.15, -0.1) is 0 Å². The maximum Gasteiger partial charge on any atom is 0.315 e. The first-order chi connectivity index (χ1) is 10.9. The summed E-state index contributed by atoms with van der Waals surface area (Å²) in [6.45, 7) is 2.05. The van der Waals surface area contributed by atoms with Crippen LogP contribution in [0.3, 0.4) is 0 Å². The predicted octanol–water partition coefficient (Wildman–Crippen LogP) is 3.02. The van der Waals surface area contributed by atoms with Gasteiger partial charge in [0.2, 0.25) is 0 Å². The van der Waals surface area contributed by atoms with Gasteiger partial charge in [0.25, 0.3) is 0 Å². The summed E-state index contributed by atoms with van der Waals surface area (Å²) in [6.07, 6.45) is 4.21. The second-order valence-electron chi connectivity index (χ2n) is 6.11. The van der Waals surface area contributed by atoms with Crippen molar-refractivity contribution >= 4 is 6.03 Å². The molecule has 1 aliphatic rings. The maximum absolute atomic E-state index is 13.2. The van der Waals surface area contributed by atoms with Crippen molar-refractivity contribution in [2.24, 2.45) is 5.41 Å². The van der Waals surface area contributed by atoms with Crippen molar-refractivity contribution in [3.05, 3.63) is 35.1 Å². The van der Waals surface area contributed by atoms with E-state index in [2.05, 4.69) is 17.6 Å². The van der Waals surface area contributed by atoms with Gasteiger partial charge in [0, 0.05) is 6.54 Å². The average molecular weight is 330 g/mol. The molecule has 1 fully saturated rings. The van der Waals surface area contributed by atoms with Gasteiger partial charge >= 0.3 is 6.03 Å². The van der Waals surface area contributed by atoms with Crippen LogP contribution in [0.25, 0.3) is 0 Å². The Bertz CT molecular complexity index is 553. The van der Waals surface area contributed by atoms with Crippen LogP contribution in [-0.2, 0) is 0 Å². The minimum Gasteiger partial charge on any atom is -0.394 e. The molecular formula is C16H21F3N2O2. The fraction of sp³-hybridized carbons (Fsp3) is 0.562. The molecule has 1 aromatic rings. The molecule has 1 saturated carbocycles. The highest BCUT2D eigenvalue weighted by Crippen LogP contribution is 2.48. The molecule has 1 atom stereocenters. The fourth-order valence-corrected chi connectivity index (χ4v) is 2.71. The van der Waals surface area contributed by atoms with Crippen molar-refractivity contribution in [3.8, 4) is 0 Å². The lowest BCUT2D eigenvalue weighted by atomic mass is 10.0. The van der Waals surface area contributed by atoms with Crippen LogP contribution in [0.5, 0.6) is 0 Å². The van der Waals surface area contributed by atoms with Crippen LogP contribution < -0.4 is 10.6 Å². The first-order valence-electron chi connectivity index (χ1n) is 7.70. The fourth-order valence-electron chi connectivity index (χ4n) is 2.71. The average Bonchev–Trinajstić information content (AvgIpc) is 3.28. The monoisotopic (exact) mass is 330 g/mol. The Kier molecular flexibility index (Phi) is 5.51.